The minimum atomic E-state index is -2.21. The van der Waals surface area contributed by atoms with E-state index >= 15 is 0 Å². The summed E-state index contributed by atoms with van der Waals surface area (Å²) in [5.41, 5.74) is 7.80. The van der Waals surface area contributed by atoms with Crippen molar-refractivity contribution in [3.8, 4) is 0 Å². The molecule has 0 aromatic rings. The van der Waals surface area contributed by atoms with Crippen LogP contribution in [0, 0.1) is 0 Å². The SMILES string of the molecule is CP(C)(=O)C=[N+]=[N-]. The first-order valence-electron chi connectivity index (χ1n) is 1.79. The molecule has 0 saturated heterocycles. The third-order valence-electron chi connectivity index (χ3n) is 0.330. The van der Waals surface area contributed by atoms with Gasteiger partial charge in [0.05, 0.1) is 0 Å². The van der Waals surface area contributed by atoms with Crippen molar-refractivity contribution in [3.05, 3.63) is 5.53 Å². The maximum absolute atomic E-state index is 10.5. The molecule has 0 aromatic carbocycles. The molecule has 0 N–H and O–H groups in total. The van der Waals surface area contributed by atoms with Crippen molar-refractivity contribution in [2.24, 2.45) is 0 Å². The van der Waals surface area contributed by atoms with Crippen molar-refractivity contribution in [1.82, 2.24) is 0 Å². The van der Waals surface area contributed by atoms with Gasteiger partial charge >= 0.3 is 5.96 Å². The Kier molecular flexibility index (Phi) is 1.94. The van der Waals surface area contributed by atoms with Gasteiger partial charge < -0.3 is 10.1 Å². The van der Waals surface area contributed by atoms with Crippen molar-refractivity contribution in [1.29, 1.82) is 0 Å². The van der Waals surface area contributed by atoms with E-state index in [-0.39, 0.29) is 0 Å². The Morgan fingerprint density at radius 2 is 2.14 bits per heavy atom. The fourth-order valence-electron chi connectivity index (χ4n) is 0.124. The maximum Gasteiger partial charge on any atom is 0.312 e. The Labute approximate surface area is 42.3 Å². The highest BCUT2D eigenvalue weighted by Gasteiger charge is 2.05. The molecule has 3 nitrogen and oxygen atoms in total. The minimum Gasteiger partial charge on any atom is -0.361 e. The molecule has 4 heteroatoms. The van der Waals surface area contributed by atoms with Gasteiger partial charge in [0.25, 0.3) is 0 Å². The van der Waals surface area contributed by atoms with E-state index in [1.54, 1.807) is 0 Å². The van der Waals surface area contributed by atoms with Crippen molar-refractivity contribution in [2.75, 3.05) is 13.3 Å². The molecule has 0 heterocycles. The number of hydrogen-bond acceptors (Lipinski definition) is 1. The van der Waals surface area contributed by atoms with Crippen LogP contribution in [0.3, 0.4) is 0 Å². The van der Waals surface area contributed by atoms with Crippen LogP contribution in [0.25, 0.3) is 5.53 Å². The second-order valence-corrected chi connectivity index (χ2v) is 4.76. The van der Waals surface area contributed by atoms with Gasteiger partial charge in [-0.2, -0.15) is 4.79 Å². The summed E-state index contributed by atoms with van der Waals surface area (Å²) in [5, 5.41) is 0. The zero-order valence-corrected chi connectivity index (χ0v) is 5.22. The Morgan fingerprint density at radius 3 is 2.14 bits per heavy atom. The van der Waals surface area contributed by atoms with E-state index in [2.05, 4.69) is 4.79 Å². The normalized spacial score (nSPS) is 10.0. The zero-order chi connectivity index (χ0) is 5.91. The fourth-order valence-corrected chi connectivity index (χ4v) is 0.373. The average molecular weight is 118 g/mol. The summed E-state index contributed by atoms with van der Waals surface area (Å²) in [7, 11) is -2.21. The van der Waals surface area contributed by atoms with E-state index in [1.165, 1.54) is 13.3 Å². The second kappa shape index (κ2) is 2.06. The molecule has 0 aromatic heterocycles. The monoisotopic (exact) mass is 118 g/mol. The summed E-state index contributed by atoms with van der Waals surface area (Å²) in [6.45, 7) is 3.04. The predicted molar refractivity (Wildman–Crippen MR) is 29.1 cm³/mol. The molecule has 0 atom stereocenters. The maximum atomic E-state index is 10.5. The van der Waals surface area contributed by atoms with Crippen molar-refractivity contribution >= 4 is 13.1 Å². The molecule has 0 fully saturated rings. The smallest absolute Gasteiger partial charge is 0.312 e. The molecule has 0 aliphatic heterocycles. The van der Waals surface area contributed by atoms with E-state index in [1.807, 2.05) is 0 Å². The molecule has 40 valence electrons. The summed E-state index contributed by atoms with van der Waals surface area (Å²) in [5.74, 6) is 1.05. The van der Waals surface area contributed by atoms with E-state index in [4.69, 9.17) is 5.53 Å². The van der Waals surface area contributed by atoms with Crippen LogP contribution in [-0.2, 0) is 4.57 Å². The lowest BCUT2D eigenvalue weighted by Crippen LogP contribution is -1.73. The Morgan fingerprint density at radius 1 is 1.71 bits per heavy atom. The molecule has 0 bridgehead atoms. The van der Waals surface area contributed by atoms with Crippen LogP contribution in [-0.4, -0.2) is 24.1 Å². The number of nitrogens with zero attached hydrogens (tertiary/aromatic N) is 2. The summed E-state index contributed by atoms with van der Waals surface area (Å²) < 4.78 is 10.5. The van der Waals surface area contributed by atoms with Gasteiger partial charge in [-0.05, 0) is 13.3 Å². The molecule has 0 rings (SSSR count). The lowest BCUT2D eigenvalue weighted by atomic mass is 11.7. The third-order valence-corrected chi connectivity index (χ3v) is 0.989. The molecule has 0 unspecified atom stereocenters. The number of rotatable bonds is 1. The standard InChI is InChI=1S/C3H7N2OP/c1-7(2,6)3-5-4/h3H,1-2H3. The first-order valence-corrected chi connectivity index (χ1v) is 4.46. The van der Waals surface area contributed by atoms with Crippen LogP contribution in [0.1, 0.15) is 0 Å². The van der Waals surface area contributed by atoms with Gasteiger partial charge in [-0.15, -0.1) is 0 Å². The summed E-state index contributed by atoms with van der Waals surface area (Å²) in [6, 6.07) is 0. The minimum absolute atomic E-state index is 1.05. The van der Waals surface area contributed by atoms with Crippen molar-refractivity contribution in [3.63, 3.8) is 0 Å². The highest BCUT2D eigenvalue weighted by molar-refractivity contribution is 7.76. The second-order valence-electron chi connectivity index (χ2n) is 1.67. The van der Waals surface area contributed by atoms with Gasteiger partial charge in [-0.25, -0.2) is 0 Å². The summed E-state index contributed by atoms with van der Waals surface area (Å²) in [4.78, 5) is 2.62. The highest BCUT2D eigenvalue weighted by atomic mass is 31.2. The highest BCUT2D eigenvalue weighted by Crippen LogP contribution is 2.29. The van der Waals surface area contributed by atoms with Crippen LogP contribution in [0.15, 0.2) is 0 Å². The number of hydrogen-bond donors (Lipinski definition) is 0. The third kappa shape index (κ3) is 5.61. The van der Waals surface area contributed by atoms with Crippen LogP contribution >= 0.6 is 7.14 Å². The first kappa shape index (κ1) is 6.61. The Hall–Kier alpha value is -0.390. The molecule has 0 spiro atoms. The zero-order valence-electron chi connectivity index (χ0n) is 4.33. The summed E-state index contributed by atoms with van der Waals surface area (Å²) >= 11 is 0. The van der Waals surface area contributed by atoms with Gasteiger partial charge in [0.2, 0.25) is 0 Å². The lowest BCUT2D eigenvalue weighted by molar-refractivity contribution is 0.00744. The predicted octanol–water partition coefficient (Wildman–Crippen LogP) is 0.867. The quantitative estimate of drug-likeness (QED) is 0.218. The van der Waals surface area contributed by atoms with E-state index in [9.17, 15) is 4.57 Å². The van der Waals surface area contributed by atoms with Gasteiger partial charge in [0.15, 0.2) is 7.14 Å². The molecule has 7 heavy (non-hydrogen) atoms. The molecule has 0 radical (unpaired) electrons. The molecule has 0 aliphatic rings. The molecule has 0 aliphatic carbocycles. The molecular formula is C3H7N2OP. The van der Waals surface area contributed by atoms with Gasteiger partial charge in [0.1, 0.15) is 0 Å². The Balaban J connectivity index is 4.10. The Bertz CT molecular complexity index is 141. The topological polar surface area (TPSA) is 53.5 Å². The van der Waals surface area contributed by atoms with Gasteiger partial charge in [0, 0.05) is 0 Å². The largest absolute Gasteiger partial charge is 0.361 e. The van der Waals surface area contributed by atoms with Crippen molar-refractivity contribution in [2.45, 2.75) is 0 Å². The van der Waals surface area contributed by atoms with E-state index in [0.717, 1.165) is 5.96 Å². The van der Waals surface area contributed by atoms with Crippen LogP contribution in [0.2, 0.25) is 0 Å². The molecule has 0 saturated carbocycles. The van der Waals surface area contributed by atoms with Crippen LogP contribution < -0.4 is 0 Å². The van der Waals surface area contributed by atoms with Gasteiger partial charge in [-0.3, -0.25) is 0 Å². The first-order chi connectivity index (χ1) is 3.06. The van der Waals surface area contributed by atoms with E-state index in [0.29, 0.717) is 0 Å². The average Bonchev–Trinajstić information content (AvgIpc) is 1.30. The lowest BCUT2D eigenvalue weighted by Gasteiger charge is -1.82. The van der Waals surface area contributed by atoms with Crippen LogP contribution in [0.5, 0.6) is 0 Å². The molecule has 0 amide bonds. The van der Waals surface area contributed by atoms with Gasteiger partial charge in [-0.1, -0.05) is 0 Å². The van der Waals surface area contributed by atoms with Crippen LogP contribution in [0.4, 0.5) is 0 Å². The van der Waals surface area contributed by atoms with E-state index < -0.39 is 7.14 Å². The van der Waals surface area contributed by atoms with Crippen molar-refractivity contribution < 1.29 is 9.35 Å². The summed E-state index contributed by atoms with van der Waals surface area (Å²) in [6.07, 6.45) is 0. The molecular weight excluding hydrogens is 111 g/mol. The fraction of sp³-hybridized carbons (Fsp3) is 0.667.